The average Bonchev–Trinajstić information content (AvgIpc) is 2.67. The van der Waals surface area contributed by atoms with Gasteiger partial charge < -0.3 is 10.4 Å². The van der Waals surface area contributed by atoms with E-state index in [-0.39, 0.29) is 18.1 Å². The van der Waals surface area contributed by atoms with Gasteiger partial charge in [0.1, 0.15) is 5.75 Å². The lowest BCUT2D eigenvalue weighted by Crippen LogP contribution is -2.15. The molecule has 0 fully saturated rings. The van der Waals surface area contributed by atoms with Crippen molar-refractivity contribution in [3.05, 3.63) is 42.1 Å². The molecular formula is C12H13N3O2. The summed E-state index contributed by atoms with van der Waals surface area (Å²) in [5.41, 5.74) is 0.598. The molecule has 0 atom stereocenters. The summed E-state index contributed by atoms with van der Waals surface area (Å²) in [5.74, 6) is 0.432. The molecule has 5 nitrogen and oxygen atoms in total. The minimum Gasteiger partial charge on any atom is -0.508 e. The van der Waals surface area contributed by atoms with E-state index in [2.05, 4.69) is 10.4 Å². The van der Waals surface area contributed by atoms with E-state index in [0.29, 0.717) is 11.4 Å². The summed E-state index contributed by atoms with van der Waals surface area (Å²) in [7, 11) is 1.78. The van der Waals surface area contributed by atoms with E-state index in [1.807, 2.05) is 0 Å². The van der Waals surface area contributed by atoms with Crippen LogP contribution in [0.3, 0.4) is 0 Å². The Bertz CT molecular complexity index is 534. The Kier molecular flexibility index (Phi) is 3.09. The van der Waals surface area contributed by atoms with Crippen LogP contribution in [0.4, 0.5) is 5.82 Å². The second-order valence-electron chi connectivity index (χ2n) is 3.73. The lowest BCUT2D eigenvalue weighted by molar-refractivity contribution is -0.115. The number of carbonyl (C=O) groups excluding carboxylic acids is 1. The Morgan fingerprint density at radius 2 is 2.18 bits per heavy atom. The summed E-state index contributed by atoms with van der Waals surface area (Å²) in [6, 6.07) is 8.48. The molecule has 5 heteroatoms. The van der Waals surface area contributed by atoms with Crippen LogP contribution >= 0.6 is 0 Å². The summed E-state index contributed by atoms with van der Waals surface area (Å²) in [6.45, 7) is 0. The molecule has 0 bridgehead atoms. The molecule has 2 aromatic rings. The molecule has 2 rings (SSSR count). The van der Waals surface area contributed by atoms with Crippen molar-refractivity contribution in [2.75, 3.05) is 5.32 Å². The number of anilines is 1. The number of phenolic OH excluding ortho intramolecular Hbond substituents is 1. The third-order valence-electron chi connectivity index (χ3n) is 2.32. The molecule has 1 aromatic carbocycles. The van der Waals surface area contributed by atoms with Crippen molar-refractivity contribution in [3.8, 4) is 5.75 Å². The van der Waals surface area contributed by atoms with Gasteiger partial charge >= 0.3 is 0 Å². The highest BCUT2D eigenvalue weighted by Gasteiger charge is 2.08. The fourth-order valence-electron chi connectivity index (χ4n) is 1.50. The van der Waals surface area contributed by atoms with Gasteiger partial charge in [-0.25, -0.2) is 0 Å². The first kappa shape index (κ1) is 11.2. The van der Waals surface area contributed by atoms with Gasteiger partial charge in [-0.1, -0.05) is 18.2 Å². The van der Waals surface area contributed by atoms with E-state index in [1.165, 1.54) is 0 Å². The molecule has 0 unspecified atom stereocenters. The summed E-state index contributed by atoms with van der Waals surface area (Å²) < 4.78 is 1.61. The molecule has 1 amide bonds. The van der Waals surface area contributed by atoms with Crippen molar-refractivity contribution in [1.82, 2.24) is 9.78 Å². The SMILES string of the molecule is Cn1ccc(NC(=O)Cc2ccccc2O)n1. The minimum absolute atomic E-state index is 0.128. The zero-order valence-corrected chi connectivity index (χ0v) is 9.42. The van der Waals surface area contributed by atoms with Crippen molar-refractivity contribution in [1.29, 1.82) is 0 Å². The highest BCUT2D eigenvalue weighted by Crippen LogP contribution is 2.16. The number of benzene rings is 1. The normalized spacial score (nSPS) is 10.2. The molecule has 0 aliphatic rings. The zero-order valence-electron chi connectivity index (χ0n) is 9.42. The highest BCUT2D eigenvalue weighted by molar-refractivity contribution is 5.91. The molecule has 2 N–H and O–H groups in total. The molecule has 17 heavy (non-hydrogen) atoms. The second-order valence-corrected chi connectivity index (χ2v) is 3.73. The van der Waals surface area contributed by atoms with E-state index in [4.69, 9.17) is 0 Å². The maximum absolute atomic E-state index is 11.7. The number of hydrogen-bond donors (Lipinski definition) is 2. The Hall–Kier alpha value is -2.30. The molecule has 0 spiro atoms. The summed E-state index contributed by atoms with van der Waals surface area (Å²) in [6.07, 6.45) is 1.87. The Morgan fingerprint density at radius 3 is 2.82 bits per heavy atom. The third kappa shape index (κ3) is 2.84. The molecule has 0 saturated carbocycles. The van der Waals surface area contributed by atoms with Crippen molar-refractivity contribution in [2.24, 2.45) is 7.05 Å². The smallest absolute Gasteiger partial charge is 0.230 e. The van der Waals surface area contributed by atoms with E-state index in [0.717, 1.165) is 0 Å². The minimum atomic E-state index is -0.204. The Morgan fingerprint density at radius 1 is 1.41 bits per heavy atom. The van der Waals surface area contributed by atoms with Gasteiger partial charge in [0.25, 0.3) is 0 Å². The standard InChI is InChI=1S/C12H13N3O2/c1-15-7-6-11(14-15)13-12(17)8-9-4-2-3-5-10(9)16/h2-7,16H,8H2,1H3,(H,13,14,17). The third-order valence-corrected chi connectivity index (χ3v) is 2.32. The Labute approximate surface area is 98.7 Å². The Balaban J connectivity index is 2.01. The van der Waals surface area contributed by atoms with Gasteiger partial charge in [-0.3, -0.25) is 9.48 Å². The van der Waals surface area contributed by atoms with Crippen LogP contribution in [0.2, 0.25) is 0 Å². The average molecular weight is 231 g/mol. The number of rotatable bonds is 3. The number of para-hydroxylation sites is 1. The number of amides is 1. The number of hydrogen-bond acceptors (Lipinski definition) is 3. The molecule has 0 radical (unpaired) electrons. The fourth-order valence-corrected chi connectivity index (χ4v) is 1.50. The van der Waals surface area contributed by atoms with Crippen LogP contribution in [0, 0.1) is 0 Å². The van der Waals surface area contributed by atoms with Crippen molar-refractivity contribution < 1.29 is 9.90 Å². The predicted molar refractivity (Wildman–Crippen MR) is 63.6 cm³/mol. The molecule has 1 aromatic heterocycles. The quantitative estimate of drug-likeness (QED) is 0.836. The van der Waals surface area contributed by atoms with Gasteiger partial charge in [-0.2, -0.15) is 5.10 Å². The molecule has 0 aliphatic carbocycles. The van der Waals surface area contributed by atoms with E-state index in [1.54, 1.807) is 48.3 Å². The number of aromatic hydroxyl groups is 1. The van der Waals surface area contributed by atoms with E-state index >= 15 is 0 Å². The first-order valence-corrected chi connectivity index (χ1v) is 5.21. The first-order valence-electron chi connectivity index (χ1n) is 5.21. The number of nitrogens with zero attached hydrogens (tertiary/aromatic N) is 2. The zero-order chi connectivity index (χ0) is 12.3. The fraction of sp³-hybridized carbons (Fsp3) is 0.167. The highest BCUT2D eigenvalue weighted by atomic mass is 16.3. The van der Waals surface area contributed by atoms with Crippen LogP contribution in [-0.2, 0) is 18.3 Å². The van der Waals surface area contributed by atoms with Crippen LogP contribution in [0.5, 0.6) is 5.75 Å². The number of phenols is 1. The van der Waals surface area contributed by atoms with Gasteiger partial charge in [0, 0.05) is 24.9 Å². The van der Waals surface area contributed by atoms with Gasteiger partial charge in [-0.15, -0.1) is 0 Å². The summed E-state index contributed by atoms with van der Waals surface area (Å²) >= 11 is 0. The van der Waals surface area contributed by atoms with Crippen LogP contribution < -0.4 is 5.32 Å². The number of aromatic nitrogens is 2. The summed E-state index contributed by atoms with van der Waals surface area (Å²) in [4.78, 5) is 11.7. The predicted octanol–water partition coefficient (Wildman–Crippen LogP) is 1.31. The molecule has 88 valence electrons. The maximum Gasteiger partial charge on any atom is 0.230 e. The topological polar surface area (TPSA) is 67.2 Å². The molecule has 0 aliphatic heterocycles. The number of carbonyl (C=O) groups is 1. The number of nitrogens with one attached hydrogen (secondary N) is 1. The monoisotopic (exact) mass is 231 g/mol. The lowest BCUT2D eigenvalue weighted by atomic mass is 10.1. The van der Waals surface area contributed by atoms with Crippen LogP contribution in [0.25, 0.3) is 0 Å². The van der Waals surface area contributed by atoms with Gasteiger partial charge in [-0.05, 0) is 6.07 Å². The van der Waals surface area contributed by atoms with Crippen molar-refractivity contribution in [2.45, 2.75) is 6.42 Å². The van der Waals surface area contributed by atoms with Crippen molar-refractivity contribution >= 4 is 11.7 Å². The van der Waals surface area contributed by atoms with Crippen LogP contribution in [0.1, 0.15) is 5.56 Å². The van der Waals surface area contributed by atoms with E-state index in [9.17, 15) is 9.90 Å². The first-order chi connectivity index (χ1) is 8.15. The van der Waals surface area contributed by atoms with Gasteiger partial charge in [0.15, 0.2) is 5.82 Å². The maximum atomic E-state index is 11.7. The van der Waals surface area contributed by atoms with Crippen LogP contribution in [-0.4, -0.2) is 20.8 Å². The van der Waals surface area contributed by atoms with E-state index < -0.39 is 0 Å². The van der Waals surface area contributed by atoms with Gasteiger partial charge in [0.2, 0.25) is 5.91 Å². The van der Waals surface area contributed by atoms with Gasteiger partial charge in [0.05, 0.1) is 6.42 Å². The molecule has 0 saturated heterocycles. The lowest BCUT2D eigenvalue weighted by Gasteiger charge is -2.04. The largest absolute Gasteiger partial charge is 0.508 e. The van der Waals surface area contributed by atoms with Crippen LogP contribution in [0.15, 0.2) is 36.5 Å². The van der Waals surface area contributed by atoms with Crippen molar-refractivity contribution in [3.63, 3.8) is 0 Å². The number of aryl methyl sites for hydroxylation is 1. The second kappa shape index (κ2) is 4.69. The summed E-state index contributed by atoms with van der Waals surface area (Å²) in [5, 5.41) is 16.2. The molecular weight excluding hydrogens is 218 g/mol. The molecule has 1 heterocycles.